The van der Waals surface area contributed by atoms with Gasteiger partial charge in [-0.25, -0.2) is 84.3 Å². The Morgan fingerprint density at radius 3 is 1.04 bits per heavy atom. The van der Waals surface area contributed by atoms with Crippen molar-refractivity contribution in [3.63, 3.8) is 0 Å². The summed E-state index contributed by atoms with van der Waals surface area (Å²) in [4.78, 5) is 132. The van der Waals surface area contributed by atoms with Crippen LogP contribution in [0.1, 0.15) is 120 Å². The summed E-state index contributed by atoms with van der Waals surface area (Å²) < 4.78 is 103. The predicted octanol–water partition coefficient (Wildman–Crippen LogP) is 15.2. The molecule has 3 aliphatic rings. The first-order chi connectivity index (χ1) is 64.7. The number of nitrogens with zero attached hydrogens (tertiary/aromatic N) is 21. The minimum atomic E-state index is -0.898. The SMILES string of the molecule is C=CC(=O)N1CCN(c2nc(=O)n(-c3c(C)cc4c(ncn4C)c3C(C)C)c3nc(-c4c(O)cccc4F)c(F)cc23)[C@@H](C)C1.C=CC(=O)N1CCN(c2nc(=O)n(-c3c(C)cc4c(ncn4C)c3C(C)C)c3nc(-c4c(O)cccc4F)c(F)cc23)[C@@H](C)C1.C=CC(=O)N1C[C@H](C)N(c2nc(=O)n(-c3c(C)cc4c(ncn4C)c3C(C)C)c3nc(-c4c(N)cccc4F)c(F)cc23)C[C@H]1C. The van der Waals surface area contributed by atoms with Gasteiger partial charge in [-0.3, -0.25) is 14.4 Å². The van der Waals surface area contributed by atoms with Crippen LogP contribution in [0.15, 0.2) is 162 Å². The van der Waals surface area contributed by atoms with Crippen LogP contribution in [-0.2, 0) is 35.5 Å². The van der Waals surface area contributed by atoms with Gasteiger partial charge in [-0.15, -0.1) is 0 Å². The van der Waals surface area contributed by atoms with Gasteiger partial charge >= 0.3 is 17.1 Å². The molecule has 18 rings (SSSR count). The van der Waals surface area contributed by atoms with Crippen LogP contribution >= 0.6 is 0 Å². The maximum atomic E-state index is 16.1. The number of aromatic nitrogens is 15. The highest BCUT2D eigenvalue weighted by Crippen LogP contribution is 2.45. The highest BCUT2D eigenvalue weighted by Gasteiger charge is 2.39. The molecular weight excluding hydrogens is 1750 g/mol. The van der Waals surface area contributed by atoms with Gasteiger partial charge in [0.05, 0.1) is 102 Å². The first-order valence-electron chi connectivity index (χ1n) is 44.5. The number of hydrogen-bond acceptors (Lipinski definition) is 21. The third-order valence-corrected chi connectivity index (χ3v) is 25.7. The Bertz CT molecular complexity index is 7350. The summed E-state index contributed by atoms with van der Waals surface area (Å²) in [6, 6.07) is 19.7. The van der Waals surface area contributed by atoms with E-state index in [1.807, 2.05) is 158 Å². The van der Waals surface area contributed by atoms with Gasteiger partial charge in [0, 0.05) is 120 Å². The number of nitrogen functional groups attached to an aromatic ring is 1. The lowest BCUT2D eigenvalue weighted by molar-refractivity contribution is -0.129. The fourth-order valence-corrected chi connectivity index (χ4v) is 19.2. The highest BCUT2D eigenvalue weighted by molar-refractivity contribution is 5.98. The van der Waals surface area contributed by atoms with Crippen molar-refractivity contribution in [2.45, 2.75) is 132 Å². The van der Waals surface area contributed by atoms with E-state index in [1.54, 1.807) is 33.7 Å². The van der Waals surface area contributed by atoms with E-state index >= 15 is 26.3 Å². The zero-order valence-electron chi connectivity index (χ0n) is 78.0. The molecule has 9 aromatic heterocycles. The lowest BCUT2D eigenvalue weighted by Gasteiger charge is -2.44. The van der Waals surface area contributed by atoms with Crippen molar-refractivity contribution in [3.8, 4) is 62.3 Å². The Morgan fingerprint density at radius 2 is 0.728 bits per heavy atom. The molecule has 0 radical (unpaired) electrons. The molecule has 3 amide bonds. The quantitative estimate of drug-likeness (QED) is 0.0487. The van der Waals surface area contributed by atoms with E-state index in [1.165, 1.54) is 92.6 Å². The number of halogens is 6. The molecule has 15 aromatic rings. The molecule has 0 spiro atoms. The molecule has 3 fully saturated rings. The monoisotopic (exact) mass is 1850 g/mol. The summed E-state index contributed by atoms with van der Waals surface area (Å²) in [6.45, 7) is 38.6. The number of aryl methyl sites for hydroxylation is 6. The molecule has 0 saturated carbocycles. The summed E-state index contributed by atoms with van der Waals surface area (Å²) in [6.07, 6.45) is 8.90. The molecule has 0 unspecified atom stereocenters. The highest BCUT2D eigenvalue weighted by atomic mass is 19.1. The Labute approximate surface area is 776 Å². The van der Waals surface area contributed by atoms with Crippen LogP contribution in [0, 0.1) is 55.7 Å². The Morgan fingerprint density at radius 1 is 0.412 bits per heavy atom. The topological polar surface area (TPSA) is 334 Å². The summed E-state index contributed by atoms with van der Waals surface area (Å²) in [5.41, 5.74) is 13.0. The molecule has 702 valence electrons. The average Bonchev–Trinajstić information content (AvgIpc) is 1.05. The number of hydrogen-bond donors (Lipinski definition) is 3. The van der Waals surface area contributed by atoms with E-state index in [2.05, 4.69) is 64.6 Å². The first kappa shape index (κ1) is 93.8. The van der Waals surface area contributed by atoms with Crippen LogP contribution in [0.4, 0.5) is 49.5 Å². The van der Waals surface area contributed by atoms with Crippen molar-refractivity contribution in [1.29, 1.82) is 0 Å². The van der Waals surface area contributed by atoms with Crippen molar-refractivity contribution >= 4 is 107 Å². The molecule has 3 aliphatic heterocycles. The Hall–Kier alpha value is -15.4. The maximum Gasteiger partial charge on any atom is 0.355 e. The standard InChI is InChI=1S/C34H36F2N8O2.2C33H33F2N7O3/c1-8-26(45)42-14-20(6)43(15-19(42)5)32-21-13-23(36)29(28-22(35)10-9-11-24(28)37)39-33(21)44(34(46)40-32)31-18(4)12-25-30(27(31)17(2)3)38-16-41(25)7;2*1-7-25(44)40-11-12-41(19(5)15-40)31-20-14-22(35)28(27-21(34)9-8-10-24(27)43)37-32(20)42(33(45)38-31)30-18(4)13-23-29(26(30)17(2)3)36-16-39(23)6/h8-13,16-17,19-20H,1,14-15,37H2,2-7H3;2*7-10,13-14,16-17,19,43H,1,11-12,15H2,2-6H3/t19-,20+;2*19-/m100/s1. The largest absolute Gasteiger partial charge is 0.507 e. The molecule has 36 heteroatoms. The van der Waals surface area contributed by atoms with Gasteiger partial charge in [-0.05, 0) is 174 Å². The number of imidazole rings is 3. The molecule has 12 heterocycles. The number of carbonyl (C=O) groups excluding carboxylic acids is 3. The summed E-state index contributed by atoms with van der Waals surface area (Å²) in [7, 11) is 5.67. The minimum Gasteiger partial charge on any atom is -0.507 e. The average molecular weight is 1850 g/mol. The third kappa shape index (κ3) is 16.3. The third-order valence-electron chi connectivity index (χ3n) is 25.7. The van der Waals surface area contributed by atoms with Crippen LogP contribution in [0.2, 0.25) is 0 Å². The lowest BCUT2D eigenvalue weighted by atomic mass is 9.95. The van der Waals surface area contributed by atoms with Crippen LogP contribution in [0.5, 0.6) is 11.5 Å². The number of phenols is 2. The van der Waals surface area contributed by atoms with Gasteiger partial charge in [0.2, 0.25) is 17.7 Å². The normalized spacial score (nSPS) is 15.9. The van der Waals surface area contributed by atoms with E-state index in [9.17, 15) is 39.0 Å². The van der Waals surface area contributed by atoms with Gasteiger partial charge in [-0.1, -0.05) is 79.5 Å². The molecule has 6 aromatic carbocycles. The van der Waals surface area contributed by atoms with Gasteiger partial charge < -0.3 is 59.0 Å². The van der Waals surface area contributed by atoms with Crippen molar-refractivity contribution in [1.82, 2.24) is 87.0 Å². The lowest BCUT2D eigenvalue weighted by Crippen LogP contribution is -2.58. The fraction of sp³-hybridized carbons (Fsp3) is 0.310. The zero-order chi connectivity index (χ0) is 97.8. The van der Waals surface area contributed by atoms with E-state index in [0.717, 1.165) is 62.1 Å². The number of rotatable bonds is 15. The minimum absolute atomic E-state index is 0.00772. The Kier molecular flexibility index (Phi) is 25.2. The van der Waals surface area contributed by atoms with E-state index in [-0.39, 0.29) is 127 Å². The molecule has 0 bridgehead atoms. The number of carbonyl (C=O) groups is 3. The zero-order valence-corrected chi connectivity index (χ0v) is 78.0. The first-order valence-corrected chi connectivity index (χ1v) is 44.5. The maximum absolute atomic E-state index is 16.1. The second-order valence-electron chi connectivity index (χ2n) is 35.8. The Balaban J connectivity index is 0.000000148. The van der Waals surface area contributed by atoms with Gasteiger partial charge in [0.1, 0.15) is 63.5 Å². The van der Waals surface area contributed by atoms with Gasteiger partial charge in [0.15, 0.2) is 34.4 Å². The van der Waals surface area contributed by atoms with Crippen molar-refractivity contribution in [2.24, 2.45) is 21.1 Å². The molecule has 4 atom stereocenters. The van der Waals surface area contributed by atoms with E-state index < -0.39 is 86.0 Å². The fourth-order valence-electron chi connectivity index (χ4n) is 19.2. The number of anilines is 4. The number of nitrogens with two attached hydrogens (primary N) is 1. The number of benzene rings is 6. The smallest absolute Gasteiger partial charge is 0.355 e. The number of amides is 3. The van der Waals surface area contributed by atoms with Gasteiger partial charge in [0.25, 0.3) is 0 Å². The molecule has 4 N–H and O–H groups in total. The van der Waals surface area contributed by atoms with Crippen LogP contribution < -0.4 is 37.5 Å². The van der Waals surface area contributed by atoms with E-state index in [4.69, 9.17) is 5.73 Å². The molecule has 3 saturated heterocycles. The number of fused-ring (bicyclic) bond motifs is 6. The summed E-state index contributed by atoms with van der Waals surface area (Å²) >= 11 is 0. The summed E-state index contributed by atoms with van der Waals surface area (Å²) in [5, 5.41) is 21.8. The molecule has 30 nitrogen and oxygen atoms in total. The second kappa shape index (κ2) is 36.5. The number of pyridine rings is 3. The molecular formula is C100H102F6N22O8. The predicted molar refractivity (Wildman–Crippen MR) is 514 cm³/mol. The van der Waals surface area contributed by atoms with E-state index in [0.29, 0.717) is 86.0 Å². The number of aromatic hydroxyl groups is 2. The number of phenolic OH excluding ortho intramolecular Hbond substituents is 2. The van der Waals surface area contributed by atoms with Crippen LogP contribution in [-0.4, -0.2) is 191 Å². The molecule has 136 heavy (non-hydrogen) atoms. The number of piperazine rings is 3. The van der Waals surface area contributed by atoms with Gasteiger partial charge in [-0.2, -0.15) is 15.0 Å². The van der Waals surface area contributed by atoms with Crippen molar-refractivity contribution in [2.75, 3.05) is 72.8 Å². The van der Waals surface area contributed by atoms with Crippen molar-refractivity contribution < 1.29 is 50.9 Å². The summed E-state index contributed by atoms with van der Waals surface area (Å²) in [5.74, 6) is -6.33. The second-order valence-corrected chi connectivity index (χ2v) is 35.8. The van der Waals surface area contributed by atoms with Crippen molar-refractivity contribution in [3.05, 3.63) is 248 Å². The van der Waals surface area contributed by atoms with Crippen LogP contribution in [0.3, 0.4) is 0 Å². The van der Waals surface area contributed by atoms with Crippen LogP contribution in [0.25, 0.3) is 117 Å². The molecule has 0 aliphatic carbocycles.